The SMILES string of the molecule is CC(Sc1nnc(C(C)Oc2ccccc2Cl)n1-c1ccccc1)C(=O)Nc1ccc(F)cc1. The van der Waals surface area contributed by atoms with Crippen molar-refractivity contribution in [3.63, 3.8) is 0 Å². The fourth-order valence-electron chi connectivity index (χ4n) is 3.21. The van der Waals surface area contributed by atoms with Crippen molar-refractivity contribution in [1.82, 2.24) is 14.8 Å². The zero-order valence-corrected chi connectivity index (χ0v) is 20.1. The van der Waals surface area contributed by atoms with Gasteiger partial charge in [-0.25, -0.2) is 4.39 Å². The van der Waals surface area contributed by atoms with Crippen molar-refractivity contribution in [2.75, 3.05) is 5.32 Å². The van der Waals surface area contributed by atoms with Crippen molar-refractivity contribution in [1.29, 1.82) is 0 Å². The van der Waals surface area contributed by atoms with Crippen LogP contribution in [0, 0.1) is 5.82 Å². The van der Waals surface area contributed by atoms with Crippen molar-refractivity contribution in [2.45, 2.75) is 30.4 Å². The number of halogens is 2. The molecule has 2 unspecified atom stereocenters. The minimum Gasteiger partial charge on any atom is -0.481 e. The normalized spacial score (nSPS) is 12.7. The van der Waals surface area contributed by atoms with E-state index in [0.717, 1.165) is 5.69 Å². The van der Waals surface area contributed by atoms with Crippen LogP contribution in [0.5, 0.6) is 5.75 Å². The zero-order valence-electron chi connectivity index (χ0n) is 18.5. The van der Waals surface area contributed by atoms with E-state index in [9.17, 15) is 9.18 Å². The number of rotatable bonds is 8. The number of benzene rings is 3. The lowest BCUT2D eigenvalue weighted by molar-refractivity contribution is -0.115. The molecule has 0 aliphatic rings. The number of aromatic nitrogens is 3. The van der Waals surface area contributed by atoms with Crippen molar-refractivity contribution in [2.24, 2.45) is 0 Å². The Morgan fingerprint density at radius 2 is 1.68 bits per heavy atom. The smallest absolute Gasteiger partial charge is 0.237 e. The topological polar surface area (TPSA) is 69.0 Å². The molecule has 0 radical (unpaired) electrons. The second kappa shape index (κ2) is 10.7. The van der Waals surface area contributed by atoms with Crippen LogP contribution in [0.4, 0.5) is 10.1 Å². The van der Waals surface area contributed by atoms with E-state index >= 15 is 0 Å². The summed E-state index contributed by atoms with van der Waals surface area (Å²) in [5, 5.41) is 12.1. The predicted molar refractivity (Wildman–Crippen MR) is 132 cm³/mol. The zero-order chi connectivity index (χ0) is 24.1. The van der Waals surface area contributed by atoms with E-state index in [2.05, 4.69) is 15.5 Å². The van der Waals surface area contributed by atoms with Crippen LogP contribution in [-0.4, -0.2) is 25.9 Å². The van der Waals surface area contributed by atoms with E-state index < -0.39 is 11.4 Å². The molecular formula is C25H22ClFN4O2S. The average Bonchev–Trinajstić information content (AvgIpc) is 3.26. The lowest BCUT2D eigenvalue weighted by Crippen LogP contribution is -2.23. The summed E-state index contributed by atoms with van der Waals surface area (Å²) in [6.07, 6.45) is -0.467. The second-order valence-electron chi connectivity index (χ2n) is 7.46. The Labute approximate surface area is 206 Å². The van der Waals surface area contributed by atoms with Crippen LogP contribution in [0.25, 0.3) is 5.69 Å². The Morgan fingerprint density at radius 3 is 2.38 bits per heavy atom. The fourth-order valence-corrected chi connectivity index (χ4v) is 4.27. The largest absolute Gasteiger partial charge is 0.481 e. The van der Waals surface area contributed by atoms with Crippen LogP contribution >= 0.6 is 23.4 Å². The first-order valence-corrected chi connectivity index (χ1v) is 11.8. The van der Waals surface area contributed by atoms with Gasteiger partial charge in [-0.15, -0.1) is 10.2 Å². The average molecular weight is 497 g/mol. The maximum absolute atomic E-state index is 13.2. The number of thioether (sulfide) groups is 1. The van der Waals surface area contributed by atoms with Crippen molar-refractivity contribution in [3.05, 3.63) is 95.5 Å². The molecule has 4 aromatic rings. The number of carbonyl (C=O) groups excluding carboxylic acids is 1. The number of ether oxygens (including phenoxy) is 1. The highest BCUT2D eigenvalue weighted by atomic mass is 35.5. The van der Waals surface area contributed by atoms with Gasteiger partial charge in [-0.05, 0) is 62.4 Å². The molecule has 174 valence electrons. The third kappa shape index (κ3) is 5.58. The summed E-state index contributed by atoms with van der Waals surface area (Å²) in [5.41, 5.74) is 1.36. The number of para-hydroxylation sites is 2. The van der Waals surface area contributed by atoms with E-state index in [1.807, 2.05) is 54.0 Å². The quantitative estimate of drug-likeness (QED) is 0.289. The molecule has 3 aromatic carbocycles. The van der Waals surface area contributed by atoms with Gasteiger partial charge in [0.2, 0.25) is 5.91 Å². The Hall–Kier alpha value is -3.36. The monoisotopic (exact) mass is 496 g/mol. The van der Waals surface area contributed by atoms with E-state index in [1.54, 1.807) is 19.1 Å². The van der Waals surface area contributed by atoms with Crippen molar-refractivity contribution in [3.8, 4) is 11.4 Å². The Balaban J connectivity index is 1.58. The van der Waals surface area contributed by atoms with Gasteiger partial charge in [0.1, 0.15) is 11.6 Å². The summed E-state index contributed by atoms with van der Waals surface area (Å²) in [4.78, 5) is 12.7. The number of nitrogens with one attached hydrogen (secondary N) is 1. The summed E-state index contributed by atoms with van der Waals surface area (Å²) < 4.78 is 21.1. The summed E-state index contributed by atoms with van der Waals surface area (Å²) in [6.45, 7) is 3.64. The molecule has 1 N–H and O–H groups in total. The number of amides is 1. The Morgan fingerprint density at radius 1 is 1.00 bits per heavy atom. The lowest BCUT2D eigenvalue weighted by atomic mass is 10.3. The molecule has 1 heterocycles. The van der Waals surface area contributed by atoms with Crippen LogP contribution < -0.4 is 10.1 Å². The Bertz CT molecular complexity index is 1270. The van der Waals surface area contributed by atoms with Crippen LogP contribution in [0.3, 0.4) is 0 Å². The van der Waals surface area contributed by atoms with Gasteiger partial charge in [-0.1, -0.05) is 53.7 Å². The van der Waals surface area contributed by atoms with E-state index in [1.165, 1.54) is 36.0 Å². The molecule has 6 nitrogen and oxygen atoms in total. The summed E-state index contributed by atoms with van der Waals surface area (Å²) in [7, 11) is 0. The maximum atomic E-state index is 13.2. The number of nitrogens with zero attached hydrogens (tertiary/aromatic N) is 3. The molecule has 0 fully saturated rings. The minimum absolute atomic E-state index is 0.235. The number of carbonyl (C=O) groups is 1. The first-order chi connectivity index (χ1) is 16.4. The summed E-state index contributed by atoms with van der Waals surface area (Å²) in [5.74, 6) is 0.512. The van der Waals surface area contributed by atoms with Gasteiger partial charge in [0, 0.05) is 11.4 Å². The molecule has 2 atom stereocenters. The molecule has 4 rings (SSSR count). The standard InChI is InChI=1S/C25H22ClFN4O2S/c1-16(33-22-11-7-6-10-21(22)26)23-29-30-25(31(23)20-8-4-3-5-9-20)34-17(2)24(32)28-19-14-12-18(27)13-15-19/h3-17H,1-2H3,(H,28,32). The van der Waals surface area contributed by atoms with Crippen molar-refractivity contribution >= 4 is 35.0 Å². The third-order valence-corrected chi connectivity index (χ3v) is 6.29. The van der Waals surface area contributed by atoms with Crippen molar-refractivity contribution < 1.29 is 13.9 Å². The van der Waals surface area contributed by atoms with Gasteiger partial charge in [-0.3, -0.25) is 9.36 Å². The first kappa shape index (κ1) is 23.8. The van der Waals surface area contributed by atoms with Crippen LogP contribution in [0.1, 0.15) is 25.8 Å². The number of hydrogen-bond donors (Lipinski definition) is 1. The highest BCUT2D eigenvalue weighted by Gasteiger charge is 2.25. The second-order valence-corrected chi connectivity index (χ2v) is 9.17. The summed E-state index contributed by atoms with van der Waals surface area (Å²) >= 11 is 7.52. The van der Waals surface area contributed by atoms with Gasteiger partial charge in [0.15, 0.2) is 17.1 Å². The molecule has 0 aliphatic carbocycles. The molecular weight excluding hydrogens is 475 g/mol. The van der Waals surface area contributed by atoms with Gasteiger partial charge >= 0.3 is 0 Å². The highest BCUT2D eigenvalue weighted by Crippen LogP contribution is 2.32. The molecule has 34 heavy (non-hydrogen) atoms. The summed E-state index contributed by atoms with van der Waals surface area (Å²) in [6, 6.07) is 22.5. The van der Waals surface area contributed by atoms with Gasteiger partial charge in [0.25, 0.3) is 0 Å². The molecule has 0 aliphatic heterocycles. The maximum Gasteiger partial charge on any atom is 0.237 e. The van der Waals surface area contributed by atoms with E-state index in [-0.39, 0.29) is 11.7 Å². The molecule has 0 saturated carbocycles. The predicted octanol–water partition coefficient (Wildman–Crippen LogP) is 6.32. The van der Waals surface area contributed by atoms with Crippen LogP contribution in [-0.2, 0) is 4.79 Å². The van der Waals surface area contributed by atoms with Gasteiger partial charge in [0.05, 0.1) is 10.3 Å². The van der Waals surface area contributed by atoms with Gasteiger partial charge < -0.3 is 10.1 Å². The van der Waals surface area contributed by atoms with Gasteiger partial charge in [-0.2, -0.15) is 0 Å². The highest BCUT2D eigenvalue weighted by molar-refractivity contribution is 8.00. The molecule has 0 saturated heterocycles. The molecule has 0 bridgehead atoms. The molecule has 9 heteroatoms. The molecule has 1 amide bonds. The van der Waals surface area contributed by atoms with Crippen LogP contribution in [0.15, 0.2) is 84.0 Å². The number of hydrogen-bond acceptors (Lipinski definition) is 5. The Kier molecular flexibility index (Phi) is 7.49. The minimum atomic E-state index is -0.496. The fraction of sp³-hybridized carbons (Fsp3) is 0.160. The molecule has 0 spiro atoms. The van der Waals surface area contributed by atoms with E-state index in [4.69, 9.17) is 16.3 Å². The third-order valence-electron chi connectivity index (χ3n) is 4.94. The van der Waals surface area contributed by atoms with E-state index in [0.29, 0.717) is 27.4 Å². The number of anilines is 1. The molecule has 1 aromatic heterocycles. The first-order valence-electron chi connectivity index (χ1n) is 10.6. The lowest BCUT2D eigenvalue weighted by Gasteiger charge is -2.18. The van der Waals surface area contributed by atoms with Crippen LogP contribution in [0.2, 0.25) is 5.02 Å².